The van der Waals surface area contributed by atoms with Crippen LogP contribution in [-0.2, 0) is 27.9 Å². The largest absolute Gasteiger partial charge is 0.756 e. The Balaban J connectivity index is 5.18. The van der Waals surface area contributed by atoms with Crippen LogP contribution in [0.25, 0.3) is 0 Å². The number of allylic oxidation sites excluding steroid dienone is 15. The molecule has 82 heavy (non-hydrogen) atoms. The second kappa shape index (κ2) is 61.0. The lowest BCUT2D eigenvalue weighted by Gasteiger charge is -2.30. The SMILES string of the molecule is CC/C=C\C/C=C\C/C=C\C/C=C\C/C=C\C/C=C\CCC(=O)NC(COP(=O)([O-])OCC[N+](C)(C)C)C(/C=C\CCCCCCCCCCCC)OC(=O)CCCCCCCCCCCCCCCCC/C=C/CCCCCCCC. The average molecular weight is 1170 g/mol. The molecule has 0 aromatic carbocycles. The van der Waals surface area contributed by atoms with Gasteiger partial charge in [-0.3, -0.25) is 14.2 Å². The predicted octanol–water partition coefficient (Wildman–Crippen LogP) is 20.9. The maximum absolute atomic E-state index is 13.5. The van der Waals surface area contributed by atoms with Crippen LogP contribution in [0.4, 0.5) is 0 Å². The zero-order valence-corrected chi connectivity index (χ0v) is 55.1. The molecule has 0 aromatic rings. The third-order valence-electron chi connectivity index (χ3n) is 14.8. The molecule has 0 spiro atoms. The van der Waals surface area contributed by atoms with Gasteiger partial charge in [0.2, 0.25) is 5.91 Å². The van der Waals surface area contributed by atoms with Crippen molar-refractivity contribution in [3.63, 3.8) is 0 Å². The topological polar surface area (TPSA) is 114 Å². The number of nitrogens with zero attached hydrogens (tertiary/aromatic N) is 1. The zero-order valence-electron chi connectivity index (χ0n) is 54.2. The summed E-state index contributed by atoms with van der Waals surface area (Å²) in [6, 6.07) is -0.933. The summed E-state index contributed by atoms with van der Waals surface area (Å²) in [5.74, 6) is -0.635. The molecule has 1 amide bonds. The molecule has 0 aliphatic carbocycles. The van der Waals surface area contributed by atoms with Crippen LogP contribution in [0.1, 0.15) is 297 Å². The van der Waals surface area contributed by atoms with Crippen molar-refractivity contribution in [1.29, 1.82) is 0 Å². The van der Waals surface area contributed by atoms with Crippen molar-refractivity contribution in [3.05, 3.63) is 97.2 Å². The Kier molecular flexibility index (Phi) is 58.7. The lowest BCUT2D eigenvalue weighted by molar-refractivity contribution is -0.870. The van der Waals surface area contributed by atoms with Crippen LogP contribution in [0.2, 0.25) is 0 Å². The average Bonchev–Trinajstić information content (AvgIpc) is 3.47. The second-order valence-corrected chi connectivity index (χ2v) is 25.4. The first-order valence-corrected chi connectivity index (χ1v) is 35.5. The van der Waals surface area contributed by atoms with Gasteiger partial charge in [0, 0.05) is 12.8 Å². The number of hydrogen-bond acceptors (Lipinski definition) is 7. The van der Waals surface area contributed by atoms with Crippen LogP contribution in [0.3, 0.4) is 0 Å². The highest BCUT2D eigenvalue weighted by Crippen LogP contribution is 2.38. The molecule has 0 bridgehead atoms. The predicted molar refractivity (Wildman–Crippen MR) is 353 cm³/mol. The molecule has 0 aromatic heterocycles. The van der Waals surface area contributed by atoms with Crippen molar-refractivity contribution < 1.29 is 37.3 Å². The first-order valence-electron chi connectivity index (χ1n) is 34.0. The molecule has 0 heterocycles. The quantitative estimate of drug-likeness (QED) is 0.0212. The molecule has 10 heteroatoms. The van der Waals surface area contributed by atoms with E-state index in [0.29, 0.717) is 17.4 Å². The van der Waals surface area contributed by atoms with Crippen LogP contribution in [0, 0.1) is 0 Å². The number of phosphoric ester groups is 1. The lowest BCUT2D eigenvalue weighted by atomic mass is 10.0. The number of ether oxygens (including phenoxy) is 1. The van der Waals surface area contributed by atoms with Gasteiger partial charge in [-0.15, -0.1) is 0 Å². The molecule has 0 aliphatic heterocycles. The number of hydrogen-bond donors (Lipinski definition) is 1. The number of esters is 1. The number of unbranched alkanes of at least 4 members (excludes halogenated alkanes) is 31. The molecule has 3 unspecified atom stereocenters. The first kappa shape index (κ1) is 78.9. The maximum Gasteiger partial charge on any atom is 0.306 e. The molecule has 0 fully saturated rings. The fraction of sp³-hybridized carbons (Fsp3) is 0.750. The maximum atomic E-state index is 13.5. The number of rotatable bonds is 61. The second-order valence-electron chi connectivity index (χ2n) is 23.9. The number of nitrogens with one attached hydrogen (secondary N) is 1. The minimum absolute atomic E-state index is 0.0390. The highest BCUT2D eigenvalue weighted by Gasteiger charge is 2.27. The van der Waals surface area contributed by atoms with Crippen LogP contribution in [-0.4, -0.2) is 69.4 Å². The van der Waals surface area contributed by atoms with Gasteiger partial charge in [-0.05, 0) is 96.0 Å². The van der Waals surface area contributed by atoms with Gasteiger partial charge in [-0.1, -0.05) is 285 Å². The van der Waals surface area contributed by atoms with Gasteiger partial charge in [0.1, 0.15) is 19.3 Å². The molecular formula is C72H129N2O7P. The van der Waals surface area contributed by atoms with E-state index in [-0.39, 0.29) is 31.3 Å². The summed E-state index contributed by atoms with van der Waals surface area (Å²) < 4.78 is 30.3. The number of carbonyl (C=O) groups excluding carboxylic acids is 2. The van der Waals surface area contributed by atoms with Crippen LogP contribution < -0.4 is 10.2 Å². The van der Waals surface area contributed by atoms with Crippen LogP contribution in [0.15, 0.2) is 97.2 Å². The van der Waals surface area contributed by atoms with Crippen LogP contribution in [0.5, 0.6) is 0 Å². The van der Waals surface area contributed by atoms with Gasteiger partial charge in [0.25, 0.3) is 7.82 Å². The van der Waals surface area contributed by atoms with E-state index in [9.17, 15) is 19.0 Å². The standard InChI is InChI=1S/C72H129N2O7P/c1-7-10-13-16-19-22-25-28-30-32-34-35-36-37-38-39-41-43-45-47-50-53-56-59-62-65-72(76)81-70(63-60-57-54-51-48-27-24-21-18-15-12-9-3)69(68-80-82(77,78)79-67-66-74(4,5)6)73-71(75)64-61-58-55-52-49-46-44-42-40-33-31-29-26-23-20-17-14-11-8-2/h11,14,20,23,28-31,40,42,46,49,55,58,60,63,69-70H,7-10,12-13,15-19,21-22,24-27,32-39,41,43-45,47-48,50-54,56-57,59,61-62,64-68H2,1-6H3,(H-,73,75,77,78)/b14-11-,23-20-,30-28+,31-29-,42-40-,49-46-,58-55-,63-60-. The molecule has 3 atom stereocenters. The van der Waals surface area contributed by atoms with Gasteiger partial charge in [-0.25, -0.2) is 0 Å². The zero-order chi connectivity index (χ0) is 60.0. The first-order chi connectivity index (χ1) is 39.9. The summed E-state index contributed by atoms with van der Waals surface area (Å²) in [4.78, 5) is 40.1. The molecule has 474 valence electrons. The van der Waals surface area contributed by atoms with E-state index in [1.54, 1.807) is 0 Å². The van der Waals surface area contributed by atoms with E-state index in [1.165, 1.54) is 180 Å². The van der Waals surface area contributed by atoms with Gasteiger partial charge in [0.15, 0.2) is 0 Å². The van der Waals surface area contributed by atoms with Crippen molar-refractivity contribution in [2.75, 3.05) is 40.9 Å². The Morgan fingerprint density at radius 3 is 1.20 bits per heavy atom. The number of quaternary nitrogens is 1. The Hall–Kier alpha value is -3.07. The van der Waals surface area contributed by atoms with E-state index in [0.717, 1.165) is 77.0 Å². The van der Waals surface area contributed by atoms with Crippen molar-refractivity contribution in [2.24, 2.45) is 0 Å². The van der Waals surface area contributed by atoms with Gasteiger partial charge >= 0.3 is 5.97 Å². The van der Waals surface area contributed by atoms with Crippen molar-refractivity contribution in [2.45, 2.75) is 309 Å². The fourth-order valence-corrected chi connectivity index (χ4v) is 10.3. The summed E-state index contributed by atoms with van der Waals surface area (Å²) in [6.07, 6.45) is 82.7. The van der Waals surface area contributed by atoms with E-state index in [2.05, 4.69) is 99.0 Å². The number of amides is 1. The van der Waals surface area contributed by atoms with Gasteiger partial charge in [-0.2, -0.15) is 0 Å². The minimum atomic E-state index is -4.73. The summed E-state index contributed by atoms with van der Waals surface area (Å²) in [6.45, 7) is 6.68. The highest BCUT2D eigenvalue weighted by molar-refractivity contribution is 7.45. The number of phosphoric acid groups is 1. The Labute approximate surface area is 507 Å². The monoisotopic (exact) mass is 1160 g/mol. The highest BCUT2D eigenvalue weighted by atomic mass is 31.2. The van der Waals surface area contributed by atoms with E-state index in [1.807, 2.05) is 45.4 Å². The van der Waals surface area contributed by atoms with Crippen molar-refractivity contribution in [1.82, 2.24) is 5.32 Å². The molecular weight excluding hydrogens is 1040 g/mol. The smallest absolute Gasteiger partial charge is 0.306 e. The molecule has 0 radical (unpaired) electrons. The van der Waals surface area contributed by atoms with Gasteiger partial charge < -0.3 is 28.5 Å². The summed E-state index contributed by atoms with van der Waals surface area (Å²) in [5.41, 5.74) is 0. The lowest BCUT2D eigenvalue weighted by Crippen LogP contribution is -2.47. The molecule has 0 aliphatic rings. The molecule has 0 saturated heterocycles. The number of carbonyl (C=O) groups is 2. The van der Waals surface area contributed by atoms with E-state index >= 15 is 0 Å². The Morgan fingerprint density at radius 2 is 0.793 bits per heavy atom. The summed E-state index contributed by atoms with van der Waals surface area (Å²) in [7, 11) is 1.14. The van der Waals surface area contributed by atoms with E-state index < -0.39 is 26.6 Å². The van der Waals surface area contributed by atoms with Crippen molar-refractivity contribution >= 4 is 19.7 Å². The normalized spacial score (nSPS) is 14.2. The molecule has 1 N–H and O–H groups in total. The Morgan fingerprint density at radius 1 is 0.439 bits per heavy atom. The Bertz CT molecular complexity index is 1720. The molecule has 0 rings (SSSR count). The third kappa shape index (κ3) is 61.5. The fourth-order valence-electron chi connectivity index (χ4n) is 9.54. The summed E-state index contributed by atoms with van der Waals surface area (Å²) >= 11 is 0. The summed E-state index contributed by atoms with van der Waals surface area (Å²) in [5, 5.41) is 2.98. The van der Waals surface area contributed by atoms with E-state index in [4.69, 9.17) is 13.8 Å². The minimum Gasteiger partial charge on any atom is -0.756 e. The van der Waals surface area contributed by atoms with Gasteiger partial charge in [0.05, 0.1) is 33.8 Å². The number of likely N-dealkylation sites (N-methyl/N-ethyl adjacent to an activating group) is 1. The van der Waals surface area contributed by atoms with Crippen LogP contribution >= 0.6 is 7.82 Å². The third-order valence-corrected chi connectivity index (χ3v) is 15.7. The van der Waals surface area contributed by atoms with Crippen molar-refractivity contribution in [3.8, 4) is 0 Å². The molecule has 9 nitrogen and oxygen atoms in total. The molecule has 0 saturated carbocycles.